The first-order chi connectivity index (χ1) is 13.1. The van der Waals surface area contributed by atoms with Gasteiger partial charge in [-0.25, -0.2) is 12.7 Å². The van der Waals surface area contributed by atoms with Crippen LogP contribution in [-0.4, -0.2) is 8.42 Å². The minimum Gasteiger partial charge on any atom is -0.235 e. The molecule has 0 saturated heterocycles. The average Bonchev–Trinajstić information content (AvgIpc) is 2.63. The van der Waals surface area contributed by atoms with Crippen LogP contribution in [0, 0.1) is 13.8 Å². The third-order valence-electron chi connectivity index (χ3n) is 4.80. The van der Waals surface area contributed by atoms with E-state index in [2.05, 4.69) is 20.8 Å². The number of rotatable bonds is 4. The van der Waals surface area contributed by atoms with Crippen molar-refractivity contribution in [1.29, 1.82) is 0 Å². The van der Waals surface area contributed by atoms with E-state index in [-0.39, 0.29) is 10.3 Å². The van der Waals surface area contributed by atoms with Crippen molar-refractivity contribution >= 4 is 21.4 Å². The molecule has 0 spiro atoms. The minimum absolute atomic E-state index is 0.00303. The Balaban J connectivity index is 2.15. The molecule has 146 valence electrons. The van der Waals surface area contributed by atoms with Gasteiger partial charge >= 0.3 is 0 Å². The molecule has 28 heavy (non-hydrogen) atoms. The van der Waals surface area contributed by atoms with E-state index >= 15 is 0 Å². The molecule has 0 radical (unpaired) electrons. The van der Waals surface area contributed by atoms with E-state index in [0.29, 0.717) is 11.4 Å². The van der Waals surface area contributed by atoms with Gasteiger partial charge in [0.2, 0.25) is 0 Å². The summed E-state index contributed by atoms with van der Waals surface area (Å²) in [4.78, 5) is 0.276. The van der Waals surface area contributed by atoms with E-state index in [0.717, 1.165) is 16.7 Å². The largest absolute Gasteiger partial charge is 0.268 e. The normalized spacial score (nSPS) is 12.0. The quantitative estimate of drug-likeness (QED) is 0.535. The Kier molecular flexibility index (Phi) is 5.35. The van der Waals surface area contributed by atoms with Crippen molar-refractivity contribution in [2.24, 2.45) is 0 Å². The molecule has 0 heterocycles. The maximum absolute atomic E-state index is 13.5. The summed E-state index contributed by atoms with van der Waals surface area (Å²) in [5.74, 6) is 0. The zero-order valence-corrected chi connectivity index (χ0v) is 17.9. The van der Waals surface area contributed by atoms with Gasteiger partial charge in [0, 0.05) is 0 Å². The Labute approximate surface area is 168 Å². The van der Waals surface area contributed by atoms with Crippen LogP contribution in [0.3, 0.4) is 0 Å². The fourth-order valence-electron chi connectivity index (χ4n) is 3.02. The molecular formula is C24H27NO2S. The van der Waals surface area contributed by atoms with Gasteiger partial charge in [0.25, 0.3) is 10.0 Å². The van der Waals surface area contributed by atoms with E-state index in [9.17, 15) is 8.42 Å². The molecule has 0 N–H and O–H groups in total. The number of aryl methyl sites for hydroxylation is 2. The third kappa shape index (κ3) is 4.12. The van der Waals surface area contributed by atoms with Crippen LogP contribution in [-0.2, 0) is 15.4 Å². The fraction of sp³-hybridized carbons (Fsp3) is 0.250. The van der Waals surface area contributed by atoms with Gasteiger partial charge in [-0.15, -0.1) is 0 Å². The molecule has 0 amide bonds. The predicted molar refractivity (Wildman–Crippen MR) is 117 cm³/mol. The van der Waals surface area contributed by atoms with Crippen LogP contribution in [0.15, 0.2) is 77.7 Å². The van der Waals surface area contributed by atoms with Gasteiger partial charge in [0.15, 0.2) is 0 Å². The van der Waals surface area contributed by atoms with Crippen LogP contribution in [0.1, 0.15) is 37.5 Å². The fourth-order valence-corrected chi connectivity index (χ4v) is 4.51. The summed E-state index contributed by atoms with van der Waals surface area (Å²) in [5.41, 5.74) is 4.51. The molecular weight excluding hydrogens is 366 g/mol. The van der Waals surface area contributed by atoms with Crippen molar-refractivity contribution in [3.63, 3.8) is 0 Å². The molecule has 0 aliphatic heterocycles. The number of sulfonamides is 1. The summed E-state index contributed by atoms with van der Waals surface area (Å²) in [5, 5.41) is 0. The number of hydrogen-bond acceptors (Lipinski definition) is 2. The van der Waals surface area contributed by atoms with Crippen LogP contribution in [0.25, 0.3) is 0 Å². The van der Waals surface area contributed by atoms with Crippen molar-refractivity contribution in [3.05, 3.63) is 89.5 Å². The number of nitrogens with zero attached hydrogens (tertiary/aromatic N) is 1. The lowest BCUT2D eigenvalue weighted by Crippen LogP contribution is -2.26. The second-order valence-electron chi connectivity index (χ2n) is 8.21. The average molecular weight is 394 g/mol. The predicted octanol–water partition coefficient (Wildman–Crippen LogP) is 6.13. The van der Waals surface area contributed by atoms with Gasteiger partial charge in [-0.05, 0) is 61.2 Å². The molecule has 3 rings (SSSR count). The zero-order chi connectivity index (χ0) is 20.5. The third-order valence-corrected chi connectivity index (χ3v) is 6.57. The molecule has 0 aromatic heterocycles. The van der Waals surface area contributed by atoms with E-state index in [1.165, 1.54) is 4.31 Å². The highest BCUT2D eigenvalue weighted by Crippen LogP contribution is 2.34. The lowest BCUT2D eigenvalue weighted by Gasteiger charge is -2.26. The second kappa shape index (κ2) is 7.44. The minimum atomic E-state index is -3.75. The van der Waals surface area contributed by atoms with Crippen molar-refractivity contribution in [2.75, 3.05) is 4.31 Å². The molecule has 0 saturated carbocycles. The number of benzene rings is 3. The van der Waals surface area contributed by atoms with Gasteiger partial charge in [0.05, 0.1) is 16.3 Å². The van der Waals surface area contributed by atoms with Gasteiger partial charge in [-0.2, -0.15) is 0 Å². The van der Waals surface area contributed by atoms with Crippen LogP contribution >= 0.6 is 0 Å². The molecule has 0 bridgehead atoms. The zero-order valence-electron chi connectivity index (χ0n) is 17.1. The van der Waals surface area contributed by atoms with Gasteiger partial charge in [-0.3, -0.25) is 0 Å². The van der Waals surface area contributed by atoms with E-state index in [1.54, 1.807) is 12.1 Å². The number of hydrogen-bond donors (Lipinski definition) is 0. The van der Waals surface area contributed by atoms with Crippen LogP contribution in [0.5, 0.6) is 0 Å². The molecule has 4 heteroatoms. The Morgan fingerprint density at radius 2 is 1.04 bits per heavy atom. The topological polar surface area (TPSA) is 37.4 Å². The SMILES string of the molecule is Cc1ccc(N(c2ccc(C(C)(C)C)cc2)S(=O)(=O)c2ccc(C)cc2)cc1. The summed E-state index contributed by atoms with van der Waals surface area (Å²) in [7, 11) is -3.75. The van der Waals surface area contributed by atoms with E-state index in [1.807, 2.05) is 74.5 Å². The lowest BCUT2D eigenvalue weighted by molar-refractivity contribution is 0.590. The Bertz CT molecular complexity index is 1040. The first-order valence-electron chi connectivity index (χ1n) is 9.38. The highest BCUT2D eigenvalue weighted by molar-refractivity contribution is 7.93. The van der Waals surface area contributed by atoms with E-state index in [4.69, 9.17) is 0 Å². The lowest BCUT2D eigenvalue weighted by atomic mass is 9.87. The first-order valence-corrected chi connectivity index (χ1v) is 10.8. The maximum Gasteiger partial charge on any atom is 0.268 e. The van der Waals surface area contributed by atoms with Crippen LogP contribution in [0.2, 0.25) is 0 Å². The Morgan fingerprint density at radius 1 is 0.643 bits per heavy atom. The van der Waals surface area contributed by atoms with Gasteiger partial charge in [0.1, 0.15) is 0 Å². The smallest absolute Gasteiger partial charge is 0.235 e. The van der Waals surface area contributed by atoms with E-state index < -0.39 is 10.0 Å². The highest BCUT2D eigenvalue weighted by atomic mass is 32.2. The standard InChI is InChI=1S/C24H27NO2S/c1-18-6-12-21(13-7-18)25(22-14-10-20(11-15-22)24(3,4)5)28(26,27)23-16-8-19(2)9-17-23/h6-17H,1-5H3. The van der Waals surface area contributed by atoms with Crippen LogP contribution in [0.4, 0.5) is 11.4 Å². The molecule has 3 nitrogen and oxygen atoms in total. The van der Waals surface area contributed by atoms with Gasteiger partial charge < -0.3 is 0 Å². The summed E-state index contributed by atoms with van der Waals surface area (Å²) >= 11 is 0. The van der Waals surface area contributed by atoms with Crippen molar-refractivity contribution < 1.29 is 8.42 Å². The first kappa shape index (κ1) is 20.2. The van der Waals surface area contributed by atoms with Gasteiger partial charge in [-0.1, -0.05) is 68.3 Å². The second-order valence-corrected chi connectivity index (χ2v) is 10.0. The summed E-state index contributed by atoms with van der Waals surface area (Å²) < 4.78 is 28.5. The molecule has 0 aliphatic rings. The molecule has 0 aliphatic carbocycles. The Morgan fingerprint density at radius 3 is 1.46 bits per heavy atom. The summed E-state index contributed by atoms with van der Waals surface area (Å²) in [6.45, 7) is 10.4. The molecule has 3 aromatic carbocycles. The maximum atomic E-state index is 13.5. The summed E-state index contributed by atoms with van der Waals surface area (Å²) in [6.07, 6.45) is 0. The number of anilines is 2. The molecule has 3 aromatic rings. The molecule has 0 fully saturated rings. The Hall–Kier alpha value is -2.59. The van der Waals surface area contributed by atoms with Crippen molar-refractivity contribution in [1.82, 2.24) is 0 Å². The summed E-state index contributed by atoms with van der Waals surface area (Å²) in [6, 6.07) is 22.3. The monoisotopic (exact) mass is 393 g/mol. The van der Waals surface area contributed by atoms with Crippen molar-refractivity contribution in [3.8, 4) is 0 Å². The highest BCUT2D eigenvalue weighted by Gasteiger charge is 2.27. The molecule has 0 atom stereocenters. The van der Waals surface area contributed by atoms with Crippen LogP contribution < -0.4 is 4.31 Å². The molecule has 0 unspecified atom stereocenters. The van der Waals surface area contributed by atoms with Crippen molar-refractivity contribution in [2.45, 2.75) is 44.9 Å².